The van der Waals surface area contributed by atoms with Crippen molar-refractivity contribution in [3.63, 3.8) is 0 Å². The van der Waals surface area contributed by atoms with Gasteiger partial charge in [0, 0.05) is 24.8 Å². The highest BCUT2D eigenvalue weighted by atomic mass is 15.2. The van der Waals surface area contributed by atoms with Gasteiger partial charge >= 0.3 is 0 Å². The molecule has 2 N–H and O–H groups in total. The van der Waals surface area contributed by atoms with E-state index < -0.39 is 0 Å². The first-order valence-electron chi connectivity index (χ1n) is 7.11. The van der Waals surface area contributed by atoms with Crippen LogP contribution in [0.5, 0.6) is 0 Å². The lowest BCUT2D eigenvalue weighted by Crippen LogP contribution is -2.26. The molecule has 3 heterocycles. The lowest BCUT2D eigenvalue weighted by Gasteiger charge is -2.18. The first kappa shape index (κ1) is 12.1. The van der Waals surface area contributed by atoms with Crippen LogP contribution in [0.25, 0.3) is 11.2 Å². The van der Waals surface area contributed by atoms with Gasteiger partial charge in [-0.15, -0.1) is 0 Å². The molecule has 6 heteroatoms. The van der Waals surface area contributed by atoms with Crippen LogP contribution in [-0.2, 0) is 0 Å². The molecule has 0 amide bonds. The van der Waals surface area contributed by atoms with Gasteiger partial charge in [-0.1, -0.05) is 18.2 Å². The van der Waals surface area contributed by atoms with Crippen molar-refractivity contribution in [2.45, 2.75) is 12.5 Å². The maximum Gasteiger partial charge on any atom is 0.182 e. The van der Waals surface area contributed by atoms with E-state index in [1.54, 1.807) is 12.7 Å². The number of hydrogen-bond donors (Lipinski definition) is 2. The summed E-state index contributed by atoms with van der Waals surface area (Å²) < 4.78 is 0. The van der Waals surface area contributed by atoms with Gasteiger partial charge in [0.25, 0.3) is 0 Å². The normalized spacial score (nSPS) is 18.3. The zero-order valence-electron chi connectivity index (χ0n) is 11.5. The molecule has 1 atom stereocenters. The number of aromatic nitrogens is 4. The molecule has 106 valence electrons. The number of anilines is 2. The monoisotopic (exact) mass is 280 g/mol. The molecule has 0 unspecified atom stereocenters. The van der Waals surface area contributed by atoms with E-state index in [-0.39, 0.29) is 0 Å². The van der Waals surface area contributed by atoms with Crippen LogP contribution in [0.15, 0.2) is 43.0 Å². The van der Waals surface area contributed by atoms with E-state index in [0.29, 0.717) is 6.04 Å². The zero-order chi connectivity index (χ0) is 14.1. The van der Waals surface area contributed by atoms with Crippen LogP contribution in [0.3, 0.4) is 0 Å². The van der Waals surface area contributed by atoms with Crippen LogP contribution in [-0.4, -0.2) is 39.1 Å². The summed E-state index contributed by atoms with van der Waals surface area (Å²) in [6.45, 7) is 1.91. The smallest absolute Gasteiger partial charge is 0.182 e. The molecular weight excluding hydrogens is 264 g/mol. The molecule has 0 spiro atoms. The lowest BCUT2D eigenvalue weighted by atomic mass is 10.2. The van der Waals surface area contributed by atoms with Crippen LogP contribution in [0.4, 0.5) is 11.5 Å². The summed E-state index contributed by atoms with van der Waals surface area (Å²) in [5, 5.41) is 3.57. The van der Waals surface area contributed by atoms with Crippen molar-refractivity contribution in [1.82, 2.24) is 19.9 Å². The van der Waals surface area contributed by atoms with E-state index in [1.807, 2.05) is 18.2 Å². The fourth-order valence-corrected chi connectivity index (χ4v) is 2.83. The standard InChI is InChI=1S/C15H16N6/c1-2-4-11(5-3-1)20-12-6-7-21(8-12)15-13-14(17-9-16-13)18-10-19-15/h1-5,9-10,12,20H,6-8H2,(H,16,17,18,19)/t12-/m1/s1. The van der Waals surface area contributed by atoms with E-state index in [1.165, 1.54) is 5.69 Å². The summed E-state index contributed by atoms with van der Waals surface area (Å²) >= 11 is 0. The molecule has 1 aliphatic heterocycles. The number of imidazole rings is 1. The Morgan fingerprint density at radius 2 is 2.05 bits per heavy atom. The van der Waals surface area contributed by atoms with Crippen LogP contribution in [0.2, 0.25) is 0 Å². The van der Waals surface area contributed by atoms with Gasteiger partial charge in [-0.2, -0.15) is 0 Å². The molecule has 3 aromatic rings. The molecule has 1 aliphatic rings. The molecule has 2 aromatic heterocycles. The first-order chi connectivity index (χ1) is 10.4. The van der Waals surface area contributed by atoms with E-state index in [9.17, 15) is 0 Å². The number of hydrogen-bond acceptors (Lipinski definition) is 5. The minimum absolute atomic E-state index is 0.431. The SMILES string of the molecule is c1ccc(N[C@@H]2CCN(c3ncnc4nc[nH]c34)C2)cc1. The molecule has 4 rings (SSSR count). The Kier molecular flexibility index (Phi) is 2.92. The molecule has 0 saturated carbocycles. The van der Waals surface area contributed by atoms with Gasteiger partial charge in [-0.25, -0.2) is 15.0 Å². The van der Waals surface area contributed by atoms with E-state index >= 15 is 0 Å². The molecule has 21 heavy (non-hydrogen) atoms. The third-order valence-electron chi connectivity index (χ3n) is 3.84. The average Bonchev–Trinajstić information content (AvgIpc) is 3.16. The quantitative estimate of drug-likeness (QED) is 0.768. The Hall–Kier alpha value is -2.63. The number of para-hydroxylation sites is 1. The van der Waals surface area contributed by atoms with E-state index in [0.717, 1.165) is 36.5 Å². The van der Waals surface area contributed by atoms with Crippen molar-refractivity contribution in [3.8, 4) is 0 Å². The minimum atomic E-state index is 0.431. The van der Waals surface area contributed by atoms with Gasteiger partial charge in [0.05, 0.1) is 6.33 Å². The number of H-pyrrole nitrogens is 1. The average molecular weight is 280 g/mol. The molecule has 0 bridgehead atoms. The number of nitrogens with zero attached hydrogens (tertiary/aromatic N) is 4. The fraction of sp³-hybridized carbons (Fsp3) is 0.267. The minimum Gasteiger partial charge on any atom is -0.380 e. The molecular formula is C15H16N6. The van der Waals surface area contributed by atoms with Crippen molar-refractivity contribution >= 4 is 22.7 Å². The predicted molar refractivity (Wildman–Crippen MR) is 82.4 cm³/mol. The summed E-state index contributed by atoms with van der Waals surface area (Å²) in [6, 6.07) is 10.8. The molecule has 1 aromatic carbocycles. The largest absolute Gasteiger partial charge is 0.380 e. The Labute approximate surface area is 122 Å². The topological polar surface area (TPSA) is 69.7 Å². The molecule has 0 aliphatic carbocycles. The number of benzene rings is 1. The molecule has 1 saturated heterocycles. The summed E-state index contributed by atoms with van der Waals surface area (Å²) in [5.74, 6) is 0.940. The van der Waals surface area contributed by atoms with Crippen molar-refractivity contribution < 1.29 is 0 Å². The number of aromatic amines is 1. The third-order valence-corrected chi connectivity index (χ3v) is 3.84. The van der Waals surface area contributed by atoms with Crippen molar-refractivity contribution in [2.75, 3.05) is 23.3 Å². The van der Waals surface area contributed by atoms with E-state index in [4.69, 9.17) is 0 Å². The third kappa shape index (κ3) is 2.29. The van der Waals surface area contributed by atoms with E-state index in [2.05, 4.69) is 42.3 Å². The zero-order valence-corrected chi connectivity index (χ0v) is 11.5. The molecule has 6 nitrogen and oxygen atoms in total. The summed E-state index contributed by atoms with van der Waals surface area (Å²) in [4.78, 5) is 18.2. The van der Waals surface area contributed by atoms with Gasteiger partial charge in [-0.3, -0.25) is 0 Å². The Balaban J connectivity index is 1.52. The summed E-state index contributed by atoms with van der Waals surface area (Å²) in [7, 11) is 0. The Bertz CT molecular complexity index is 738. The second-order valence-corrected chi connectivity index (χ2v) is 5.24. The first-order valence-corrected chi connectivity index (χ1v) is 7.11. The predicted octanol–water partition coefficient (Wildman–Crippen LogP) is 2.04. The maximum absolute atomic E-state index is 4.42. The van der Waals surface area contributed by atoms with Crippen LogP contribution < -0.4 is 10.2 Å². The van der Waals surface area contributed by atoms with Crippen molar-refractivity contribution in [3.05, 3.63) is 43.0 Å². The van der Waals surface area contributed by atoms with Gasteiger partial charge in [-0.05, 0) is 18.6 Å². The van der Waals surface area contributed by atoms with Crippen LogP contribution in [0.1, 0.15) is 6.42 Å². The van der Waals surface area contributed by atoms with Gasteiger partial charge < -0.3 is 15.2 Å². The Morgan fingerprint density at radius 3 is 2.95 bits per heavy atom. The highest BCUT2D eigenvalue weighted by Crippen LogP contribution is 2.25. The number of nitrogens with one attached hydrogen (secondary N) is 2. The second-order valence-electron chi connectivity index (χ2n) is 5.24. The fourth-order valence-electron chi connectivity index (χ4n) is 2.83. The van der Waals surface area contributed by atoms with Crippen molar-refractivity contribution in [1.29, 1.82) is 0 Å². The molecule has 1 fully saturated rings. The highest BCUT2D eigenvalue weighted by molar-refractivity contribution is 5.82. The highest BCUT2D eigenvalue weighted by Gasteiger charge is 2.25. The summed E-state index contributed by atoms with van der Waals surface area (Å²) in [5.41, 5.74) is 2.80. The second kappa shape index (κ2) is 5.05. The van der Waals surface area contributed by atoms with Crippen LogP contribution in [0, 0.1) is 0 Å². The Morgan fingerprint density at radius 1 is 1.14 bits per heavy atom. The summed E-state index contributed by atoms with van der Waals surface area (Å²) in [6.07, 6.45) is 4.34. The van der Waals surface area contributed by atoms with Crippen molar-refractivity contribution in [2.24, 2.45) is 0 Å². The molecule has 0 radical (unpaired) electrons. The van der Waals surface area contributed by atoms with Gasteiger partial charge in [0.15, 0.2) is 11.5 Å². The number of fused-ring (bicyclic) bond motifs is 1. The lowest BCUT2D eigenvalue weighted by molar-refractivity contribution is 0.806. The van der Waals surface area contributed by atoms with Gasteiger partial charge in [0.1, 0.15) is 11.8 Å². The van der Waals surface area contributed by atoms with Crippen LogP contribution >= 0.6 is 0 Å². The number of rotatable bonds is 3. The maximum atomic E-state index is 4.42. The van der Waals surface area contributed by atoms with Gasteiger partial charge in [0.2, 0.25) is 0 Å².